The van der Waals surface area contributed by atoms with Gasteiger partial charge in [0.05, 0.1) is 5.75 Å². The molecule has 1 rings (SSSR count). The number of hydrogen-bond acceptors (Lipinski definition) is 4. The fraction of sp³-hybridized carbons (Fsp3) is 0.857. The van der Waals surface area contributed by atoms with Crippen LogP contribution in [0.25, 0.3) is 0 Å². The van der Waals surface area contributed by atoms with Crippen LogP contribution in [0.15, 0.2) is 4.99 Å². The van der Waals surface area contributed by atoms with Crippen LogP contribution in [-0.2, 0) is 14.8 Å². The lowest BCUT2D eigenvalue weighted by atomic mass is 10.4. The predicted molar refractivity (Wildman–Crippen MR) is 107 cm³/mol. The molecule has 1 saturated heterocycles. The summed E-state index contributed by atoms with van der Waals surface area (Å²) in [7, 11) is -3.15. The number of nitrogens with one attached hydrogen (secondary N) is 3. The molecule has 1 aliphatic rings. The highest BCUT2D eigenvalue weighted by Crippen LogP contribution is 2.09. The normalized spacial score (nSPS) is 15.3. The van der Waals surface area contributed by atoms with Crippen LogP contribution in [0.3, 0.4) is 0 Å². The van der Waals surface area contributed by atoms with E-state index in [1.807, 2.05) is 11.8 Å². The summed E-state index contributed by atoms with van der Waals surface area (Å²) in [6, 6.07) is 0. The van der Waals surface area contributed by atoms with Gasteiger partial charge in [0.1, 0.15) is 0 Å². The first-order valence-corrected chi connectivity index (χ1v) is 9.91. The fourth-order valence-electron chi connectivity index (χ4n) is 2.22. The molecule has 1 amide bonds. The average Bonchev–Trinajstić information content (AvgIpc) is 2.93. The molecule has 0 aromatic rings. The number of likely N-dealkylation sites (tertiary alicyclic amines) is 1. The summed E-state index contributed by atoms with van der Waals surface area (Å²) in [5.41, 5.74) is 0. The Bertz CT molecular complexity index is 499. The maximum absolute atomic E-state index is 11.5. The van der Waals surface area contributed by atoms with Crippen molar-refractivity contribution < 1.29 is 13.2 Å². The molecule has 0 aromatic carbocycles. The molecule has 1 fully saturated rings. The highest BCUT2D eigenvalue weighted by Gasteiger charge is 2.18. The second kappa shape index (κ2) is 12.7. The Hall–Kier alpha value is -0.620. The van der Waals surface area contributed by atoms with Crippen LogP contribution in [0.5, 0.6) is 0 Å². The Morgan fingerprint density at radius 2 is 2.00 bits per heavy atom. The summed E-state index contributed by atoms with van der Waals surface area (Å²) in [6.07, 6.45) is 2.45. The first-order chi connectivity index (χ1) is 11.0. The Balaban J connectivity index is 0.00000529. The van der Waals surface area contributed by atoms with E-state index in [4.69, 9.17) is 0 Å². The largest absolute Gasteiger partial charge is 0.357 e. The first kappa shape index (κ1) is 23.4. The van der Waals surface area contributed by atoms with Crippen LogP contribution in [0, 0.1) is 0 Å². The third-order valence-corrected chi connectivity index (χ3v) is 4.90. The second-order valence-corrected chi connectivity index (χ2v) is 7.42. The number of nitrogens with zero attached hydrogens (tertiary/aromatic N) is 2. The molecular weight excluding hydrogens is 445 g/mol. The quantitative estimate of drug-likeness (QED) is 0.180. The van der Waals surface area contributed by atoms with Crippen LogP contribution in [0.1, 0.15) is 33.1 Å². The zero-order valence-corrected chi connectivity index (χ0v) is 17.7. The van der Waals surface area contributed by atoms with E-state index < -0.39 is 10.0 Å². The lowest BCUT2D eigenvalue weighted by molar-refractivity contribution is -0.127. The van der Waals surface area contributed by atoms with Crippen LogP contribution in [-0.4, -0.2) is 70.2 Å². The minimum Gasteiger partial charge on any atom is -0.357 e. The highest BCUT2D eigenvalue weighted by molar-refractivity contribution is 14.0. The minimum absolute atomic E-state index is 0. The van der Waals surface area contributed by atoms with Gasteiger partial charge in [0.15, 0.2) is 5.96 Å². The van der Waals surface area contributed by atoms with Crippen LogP contribution < -0.4 is 15.4 Å². The summed E-state index contributed by atoms with van der Waals surface area (Å²) in [6.45, 7) is 7.33. The van der Waals surface area contributed by atoms with Gasteiger partial charge >= 0.3 is 0 Å². The van der Waals surface area contributed by atoms with Gasteiger partial charge in [-0.3, -0.25) is 9.79 Å². The SMILES string of the molecule is CCNC(=NCCCN1CCCC1=O)NCCNS(=O)(=O)CC.I. The standard InChI is InChI=1S/C14H29N5O3S.HI/c1-3-15-14(17-9-10-18-23(21,22)4-2)16-8-6-12-19-11-5-7-13(19)20;/h18H,3-12H2,1-2H3,(H2,15,16,17);1H. The van der Waals surface area contributed by atoms with Gasteiger partial charge in [0.2, 0.25) is 15.9 Å². The van der Waals surface area contributed by atoms with Crippen molar-refractivity contribution in [2.75, 3.05) is 45.0 Å². The molecule has 0 atom stereocenters. The van der Waals surface area contributed by atoms with Crippen LogP contribution in [0.2, 0.25) is 0 Å². The van der Waals surface area contributed by atoms with Crippen molar-refractivity contribution in [2.24, 2.45) is 4.99 Å². The topological polar surface area (TPSA) is 103 Å². The van der Waals surface area contributed by atoms with Crippen molar-refractivity contribution >= 4 is 45.9 Å². The summed E-state index contributed by atoms with van der Waals surface area (Å²) in [5, 5.41) is 6.20. The lowest BCUT2D eigenvalue weighted by Crippen LogP contribution is -2.41. The molecule has 0 aliphatic carbocycles. The Morgan fingerprint density at radius 3 is 2.58 bits per heavy atom. The number of aliphatic imine (C=N–C) groups is 1. The Morgan fingerprint density at radius 1 is 1.25 bits per heavy atom. The van der Waals surface area contributed by atoms with E-state index in [1.54, 1.807) is 6.92 Å². The van der Waals surface area contributed by atoms with Crippen molar-refractivity contribution in [3.05, 3.63) is 0 Å². The van der Waals surface area contributed by atoms with Gasteiger partial charge < -0.3 is 15.5 Å². The molecule has 3 N–H and O–H groups in total. The summed E-state index contributed by atoms with van der Waals surface area (Å²) >= 11 is 0. The number of carbonyl (C=O) groups excluding carboxylic acids is 1. The molecular formula is C14H30IN5O3S. The number of hydrogen-bond donors (Lipinski definition) is 3. The van der Waals surface area contributed by atoms with Crippen LogP contribution >= 0.6 is 24.0 Å². The lowest BCUT2D eigenvalue weighted by Gasteiger charge is -2.15. The third-order valence-electron chi connectivity index (χ3n) is 3.49. The van der Waals surface area contributed by atoms with Crippen molar-refractivity contribution in [3.8, 4) is 0 Å². The zero-order valence-electron chi connectivity index (χ0n) is 14.5. The molecule has 0 aromatic heterocycles. The van der Waals surface area contributed by atoms with Gasteiger partial charge in [0.25, 0.3) is 0 Å². The fourth-order valence-corrected chi connectivity index (χ4v) is 2.84. The molecule has 0 unspecified atom stereocenters. The summed E-state index contributed by atoms with van der Waals surface area (Å²) in [4.78, 5) is 17.8. The van der Waals surface area contributed by atoms with Gasteiger partial charge in [-0.25, -0.2) is 13.1 Å². The first-order valence-electron chi connectivity index (χ1n) is 8.25. The van der Waals surface area contributed by atoms with Crippen LogP contribution in [0.4, 0.5) is 0 Å². The summed E-state index contributed by atoms with van der Waals surface area (Å²) in [5.74, 6) is 0.981. The molecule has 0 radical (unpaired) electrons. The number of rotatable bonds is 10. The van der Waals surface area contributed by atoms with E-state index in [-0.39, 0.29) is 35.6 Å². The van der Waals surface area contributed by atoms with E-state index in [2.05, 4.69) is 20.3 Å². The van der Waals surface area contributed by atoms with E-state index in [0.717, 1.165) is 32.5 Å². The molecule has 0 bridgehead atoms. The number of halogens is 1. The predicted octanol–water partition coefficient (Wildman–Crippen LogP) is 0.111. The van der Waals surface area contributed by atoms with Gasteiger partial charge in [-0.1, -0.05) is 0 Å². The maximum Gasteiger partial charge on any atom is 0.222 e. The molecule has 8 nitrogen and oxygen atoms in total. The van der Waals surface area contributed by atoms with E-state index in [0.29, 0.717) is 32.0 Å². The Kier molecular flexibility index (Phi) is 12.4. The molecule has 24 heavy (non-hydrogen) atoms. The van der Waals surface area contributed by atoms with Gasteiger partial charge in [0, 0.05) is 45.7 Å². The van der Waals surface area contributed by atoms with Crippen molar-refractivity contribution in [1.29, 1.82) is 0 Å². The highest BCUT2D eigenvalue weighted by atomic mass is 127. The van der Waals surface area contributed by atoms with E-state index in [1.165, 1.54) is 0 Å². The van der Waals surface area contributed by atoms with E-state index >= 15 is 0 Å². The number of amides is 1. The monoisotopic (exact) mass is 475 g/mol. The van der Waals surface area contributed by atoms with Gasteiger partial charge in [-0.05, 0) is 26.7 Å². The van der Waals surface area contributed by atoms with Crippen molar-refractivity contribution in [1.82, 2.24) is 20.3 Å². The van der Waals surface area contributed by atoms with Gasteiger partial charge in [-0.15, -0.1) is 24.0 Å². The molecule has 1 heterocycles. The number of sulfonamides is 1. The maximum atomic E-state index is 11.5. The third kappa shape index (κ3) is 9.62. The zero-order chi connectivity index (χ0) is 17.1. The molecule has 0 spiro atoms. The average molecular weight is 475 g/mol. The second-order valence-electron chi connectivity index (χ2n) is 5.32. The minimum atomic E-state index is -3.15. The molecule has 0 saturated carbocycles. The number of guanidine groups is 1. The van der Waals surface area contributed by atoms with Crippen molar-refractivity contribution in [2.45, 2.75) is 33.1 Å². The molecule has 10 heteroatoms. The van der Waals surface area contributed by atoms with Gasteiger partial charge in [-0.2, -0.15) is 0 Å². The molecule has 142 valence electrons. The Labute approximate surface area is 162 Å². The summed E-state index contributed by atoms with van der Waals surface area (Å²) < 4.78 is 25.1. The molecule has 1 aliphatic heterocycles. The smallest absolute Gasteiger partial charge is 0.222 e. The van der Waals surface area contributed by atoms with E-state index in [9.17, 15) is 13.2 Å². The number of carbonyl (C=O) groups is 1. The van der Waals surface area contributed by atoms with Crippen molar-refractivity contribution in [3.63, 3.8) is 0 Å².